The molecule has 218 valence electrons. The Hall–Kier alpha value is -2.26. The summed E-state index contributed by atoms with van der Waals surface area (Å²) in [5, 5.41) is 14.7. The van der Waals surface area contributed by atoms with E-state index in [0.29, 0.717) is 31.8 Å². The third kappa shape index (κ3) is 9.71. The van der Waals surface area contributed by atoms with Crippen molar-refractivity contribution in [2.24, 2.45) is 15.9 Å². The van der Waals surface area contributed by atoms with Crippen molar-refractivity contribution in [2.45, 2.75) is 101 Å². The van der Waals surface area contributed by atoms with Gasteiger partial charge in [0, 0.05) is 43.8 Å². The summed E-state index contributed by atoms with van der Waals surface area (Å²) in [6, 6.07) is 4.11. The molecule has 1 aliphatic carbocycles. The standard InChI is InChI=1S/C28H47N7O3S/c29-24-33-27(30)35(26-12-17-32-18-13-26)19-9-4-2-1-3-6-10-25(34-20-22-38-23-21-34)11-16-28(39(31,36)37)14-7-5-8-15-28/h12-13,17-18,25H,1-11,14-16,19-23H2,(H2,30,33)(H2,31,36,37). The number of anilines is 1. The van der Waals surface area contributed by atoms with Crippen LogP contribution in [0, 0.1) is 11.5 Å². The van der Waals surface area contributed by atoms with Crippen LogP contribution in [-0.2, 0) is 14.8 Å². The van der Waals surface area contributed by atoms with Crippen molar-refractivity contribution in [2.75, 3.05) is 37.7 Å². The fraction of sp³-hybridized carbons (Fsp3) is 0.750. The highest BCUT2D eigenvalue weighted by Crippen LogP contribution is 2.38. The predicted octanol–water partition coefficient (Wildman–Crippen LogP) is 3.89. The molecule has 1 aromatic rings. The van der Waals surface area contributed by atoms with Crippen LogP contribution in [-0.4, -0.2) is 67.9 Å². The number of aromatic nitrogens is 1. The van der Waals surface area contributed by atoms with Crippen LogP contribution in [0.3, 0.4) is 0 Å². The SMILES string of the molecule is N#CN=C(N)N(CCCCCCCCC(CCC1(S(N)(=O)=O)CCCCC1)N1CCOCC1)c1ccncc1. The molecule has 1 atom stereocenters. The van der Waals surface area contributed by atoms with E-state index in [4.69, 9.17) is 20.9 Å². The average molecular weight is 562 g/mol. The third-order valence-corrected chi connectivity index (χ3v) is 10.3. The zero-order chi connectivity index (χ0) is 28.0. The van der Waals surface area contributed by atoms with E-state index in [0.717, 1.165) is 103 Å². The number of primary sulfonamides is 1. The summed E-state index contributed by atoms with van der Waals surface area (Å²) >= 11 is 0. The molecular formula is C28H47N7O3S. The molecule has 0 spiro atoms. The van der Waals surface area contributed by atoms with Gasteiger partial charge < -0.3 is 15.4 Å². The number of morpholine rings is 1. The predicted molar refractivity (Wildman–Crippen MR) is 155 cm³/mol. The van der Waals surface area contributed by atoms with Crippen molar-refractivity contribution in [1.29, 1.82) is 5.26 Å². The van der Waals surface area contributed by atoms with Crippen LogP contribution in [0.15, 0.2) is 29.5 Å². The number of aliphatic imine (C=N–C) groups is 1. The number of pyridine rings is 1. The van der Waals surface area contributed by atoms with Crippen molar-refractivity contribution in [3.05, 3.63) is 24.5 Å². The van der Waals surface area contributed by atoms with Crippen LogP contribution >= 0.6 is 0 Å². The normalized spacial score (nSPS) is 19.3. The fourth-order valence-electron chi connectivity index (χ4n) is 6.12. The first-order valence-electron chi connectivity index (χ1n) is 14.6. The lowest BCUT2D eigenvalue weighted by Gasteiger charge is -2.39. The molecule has 0 bridgehead atoms. The summed E-state index contributed by atoms with van der Waals surface area (Å²) in [6.45, 7) is 4.03. The number of ether oxygens (including phenoxy) is 1. The second-order valence-electron chi connectivity index (χ2n) is 11.0. The zero-order valence-electron chi connectivity index (χ0n) is 23.3. The monoisotopic (exact) mass is 561 g/mol. The lowest BCUT2D eigenvalue weighted by Crippen LogP contribution is -2.48. The Morgan fingerprint density at radius 2 is 1.72 bits per heavy atom. The van der Waals surface area contributed by atoms with E-state index in [-0.39, 0.29) is 5.96 Å². The second-order valence-corrected chi connectivity index (χ2v) is 12.9. The van der Waals surface area contributed by atoms with Gasteiger partial charge in [-0.1, -0.05) is 51.4 Å². The Kier molecular flexibility index (Phi) is 12.9. The summed E-state index contributed by atoms with van der Waals surface area (Å²) in [5.41, 5.74) is 6.90. The minimum atomic E-state index is -3.57. The van der Waals surface area contributed by atoms with E-state index in [1.54, 1.807) is 18.6 Å². The first kappa shape index (κ1) is 31.3. The molecule has 4 N–H and O–H groups in total. The highest BCUT2D eigenvalue weighted by atomic mass is 32.2. The molecular weight excluding hydrogens is 514 g/mol. The highest BCUT2D eigenvalue weighted by molar-refractivity contribution is 7.90. The topological polar surface area (TPSA) is 151 Å². The van der Waals surface area contributed by atoms with Gasteiger partial charge in [-0.05, 0) is 50.7 Å². The number of sulfonamides is 1. The molecule has 0 aromatic carbocycles. The lowest BCUT2D eigenvalue weighted by molar-refractivity contribution is 0.0110. The molecule has 1 aromatic heterocycles. The summed E-state index contributed by atoms with van der Waals surface area (Å²) in [4.78, 5) is 12.1. The lowest BCUT2D eigenvalue weighted by atomic mass is 9.83. The quantitative estimate of drug-likeness (QED) is 0.142. The van der Waals surface area contributed by atoms with Crippen LogP contribution in [0.4, 0.5) is 5.69 Å². The molecule has 10 nitrogen and oxygen atoms in total. The molecule has 39 heavy (non-hydrogen) atoms. The van der Waals surface area contributed by atoms with E-state index in [1.807, 2.05) is 17.0 Å². The van der Waals surface area contributed by atoms with Gasteiger partial charge >= 0.3 is 0 Å². The number of nitrogens with two attached hydrogens (primary N) is 2. The minimum absolute atomic E-state index is 0.204. The number of hydrogen-bond donors (Lipinski definition) is 2. The van der Waals surface area contributed by atoms with E-state index in [9.17, 15) is 8.42 Å². The van der Waals surface area contributed by atoms with Crippen LogP contribution < -0.4 is 15.8 Å². The van der Waals surface area contributed by atoms with Gasteiger partial charge in [-0.15, -0.1) is 4.99 Å². The second kappa shape index (κ2) is 16.1. The number of hydrogen-bond acceptors (Lipinski definition) is 7. The van der Waals surface area contributed by atoms with Gasteiger partial charge in [-0.25, -0.2) is 13.6 Å². The van der Waals surface area contributed by atoms with Gasteiger partial charge in [-0.2, -0.15) is 5.26 Å². The van der Waals surface area contributed by atoms with Gasteiger partial charge in [-0.3, -0.25) is 9.88 Å². The smallest absolute Gasteiger partial charge is 0.214 e. The average Bonchev–Trinajstić information content (AvgIpc) is 2.94. The summed E-state index contributed by atoms with van der Waals surface area (Å²) in [7, 11) is -3.57. The Labute approximate surface area is 234 Å². The van der Waals surface area contributed by atoms with Gasteiger partial charge in [0.05, 0.1) is 18.0 Å². The number of rotatable bonds is 15. The molecule has 2 fully saturated rings. The molecule has 2 aliphatic rings. The van der Waals surface area contributed by atoms with Crippen LogP contribution in [0.25, 0.3) is 0 Å². The molecule has 1 aliphatic heterocycles. The largest absolute Gasteiger partial charge is 0.379 e. The molecule has 1 saturated carbocycles. The molecule has 0 radical (unpaired) electrons. The molecule has 2 heterocycles. The number of nitrogens with zero attached hydrogens (tertiary/aromatic N) is 5. The maximum absolute atomic E-state index is 12.6. The summed E-state index contributed by atoms with van der Waals surface area (Å²) in [6.07, 6.45) is 18.8. The molecule has 3 rings (SSSR count). The van der Waals surface area contributed by atoms with Crippen molar-refractivity contribution < 1.29 is 13.2 Å². The van der Waals surface area contributed by atoms with Crippen molar-refractivity contribution in [3.8, 4) is 6.19 Å². The zero-order valence-corrected chi connectivity index (χ0v) is 24.2. The van der Waals surface area contributed by atoms with Crippen molar-refractivity contribution in [1.82, 2.24) is 9.88 Å². The third-order valence-electron chi connectivity index (χ3n) is 8.45. The summed E-state index contributed by atoms with van der Waals surface area (Å²) in [5.74, 6) is 0.204. The Balaban J connectivity index is 1.42. The Morgan fingerprint density at radius 3 is 2.36 bits per heavy atom. The molecule has 11 heteroatoms. The Bertz CT molecular complexity index is 1020. The number of nitriles is 1. The molecule has 1 unspecified atom stereocenters. The van der Waals surface area contributed by atoms with E-state index in [2.05, 4.69) is 14.9 Å². The van der Waals surface area contributed by atoms with Crippen molar-refractivity contribution in [3.63, 3.8) is 0 Å². The van der Waals surface area contributed by atoms with E-state index >= 15 is 0 Å². The van der Waals surface area contributed by atoms with Crippen LogP contribution in [0.2, 0.25) is 0 Å². The maximum atomic E-state index is 12.6. The Morgan fingerprint density at radius 1 is 1.08 bits per heavy atom. The van der Waals surface area contributed by atoms with Gasteiger partial charge in [0.1, 0.15) is 0 Å². The van der Waals surface area contributed by atoms with Crippen molar-refractivity contribution >= 4 is 21.7 Å². The van der Waals surface area contributed by atoms with Crippen LogP contribution in [0.1, 0.15) is 89.9 Å². The highest BCUT2D eigenvalue weighted by Gasteiger charge is 2.42. The van der Waals surface area contributed by atoms with Gasteiger partial charge in [0.25, 0.3) is 0 Å². The minimum Gasteiger partial charge on any atom is -0.379 e. The summed E-state index contributed by atoms with van der Waals surface area (Å²) < 4.78 is 30.0. The number of guanidine groups is 1. The molecule has 0 amide bonds. The van der Waals surface area contributed by atoms with E-state index < -0.39 is 14.8 Å². The first-order valence-corrected chi connectivity index (χ1v) is 16.1. The van der Waals surface area contributed by atoms with Gasteiger partial charge in [0.15, 0.2) is 0 Å². The maximum Gasteiger partial charge on any atom is 0.214 e. The number of unbranched alkanes of at least 4 members (excludes halogenated alkanes) is 5. The van der Waals surface area contributed by atoms with Gasteiger partial charge in [0.2, 0.25) is 22.2 Å². The van der Waals surface area contributed by atoms with Crippen LogP contribution in [0.5, 0.6) is 0 Å². The van der Waals surface area contributed by atoms with E-state index in [1.165, 1.54) is 0 Å². The first-order chi connectivity index (χ1) is 18.9. The fourth-order valence-corrected chi connectivity index (χ4v) is 7.38. The molecule has 1 saturated heterocycles.